The number of rotatable bonds is 5. The van der Waals surface area contributed by atoms with Gasteiger partial charge in [-0.05, 0) is 23.8 Å². The molecule has 128 valence electrons. The van der Waals surface area contributed by atoms with Crippen LogP contribution in [0.2, 0.25) is 0 Å². The highest BCUT2D eigenvalue weighted by Crippen LogP contribution is 2.27. The van der Waals surface area contributed by atoms with Gasteiger partial charge in [-0.2, -0.15) is 0 Å². The van der Waals surface area contributed by atoms with Crippen LogP contribution in [0.4, 0.5) is 17.6 Å². The molecule has 2 aromatic carbocycles. The van der Waals surface area contributed by atoms with Crippen LogP contribution in [0.1, 0.15) is 11.1 Å². The van der Waals surface area contributed by atoms with E-state index in [4.69, 9.17) is 0 Å². The molecule has 7 heteroatoms. The zero-order valence-corrected chi connectivity index (χ0v) is 12.8. The van der Waals surface area contributed by atoms with Gasteiger partial charge in [-0.15, -0.1) is 13.2 Å². The molecule has 24 heavy (non-hydrogen) atoms. The van der Waals surface area contributed by atoms with E-state index in [0.29, 0.717) is 5.56 Å². The van der Waals surface area contributed by atoms with Crippen LogP contribution in [0.15, 0.2) is 48.5 Å². The molecule has 1 amide bonds. The molecular weight excluding hydrogens is 326 g/mol. The minimum atomic E-state index is -4.81. The van der Waals surface area contributed by atoms with Gasteiger partial charge in [0.15, 0.2) is 0 Å². The van der Waals surface area contributed by atoms with Crippen molar-refractivity contribution in [1.29, 1.82) is 0 Å². The zero-order chi connectivity index (χ0) is 17.7. The summed E-state index contributed by atoms with van der Waals surface area (Å²) in [5.74, 6) is -1.15. The van der Waals surface area contributed by atoms with Crippen molar-refractivity contribution in [2.45, 2.75) is 19.3 Å². The molecule has 2 aromatic rings. The van der Waals surface area contributed by atoms with Crippen molar-refractivity contribution in [3.05, 3.63) is 65.5 Å². The highest BCUT2D eigenvalue weighted by Gasteiger charge is 2.32. The van der Waals surface area contributed by atoms with Crippen LogP contribution in [0, 0.1) is 5.82 Å². The van der Waals surface area contributed by atoms with Crippen LogP contribution in [0.5, 0.6) is 5.75 Å². The number of carbonyl (C=O) groups is 1. The number of hydrogen-bond acceptors (Lipinski definition) is 2. The number of halogens is 4. The van der Waals surface area contributed by atoms with E-state index in [9.17, 15) is 22.4 Å². The molecule has 0 aliphatic carbocycles. The molecule has 0 saturated heterocycles. The predicted octanol–water partition coefficient (Wildman–Crippen LogP) is 3.93. The number of ether oxygens (including phenoxy) is 1. The smallest absolute Gasteiger partial charge is 0.405 e. The predicted molar refractivity (Wildman–Crippen MR) is 79.7 cm³/mol. The Kier molecular flexibility index (Phi) is 5.43. The van der Waals surface area contributed by atoms with E-state index in [2.05, 4.69) is 4.74 Å². The average Bonchev–Trinajstić information content (AvgIpc) is 2.47. The molecule has 0 atom stereocenters. The summed E-state index contributed by atoms with van der Waals surface area (Å²) >= 11 is 0. The summed E-state index contributed by atoms with van der Waals surface area (Å²) < 4.78 is 54.3. The van der Waals surface area contributed by atoms with Gasteiger partial charge in [-0.25, -0.2) is 4.39 Å². The standard InChI is InChI=1S/C17H15F4NO2/c1-22(16(23)10-12-5-4-7-14(18)9-12)11-13-6-2-3-8-15(13)24-17(19,20)21/h2-9H,10-11H2,1H3. The second-order valence-corrected chi connectivity index (χ2v) is 5.21. The van der Waals surface area contributed by atoms with Crippen LogP contribution in [0.25, 0.3) is 0 Å². The number of nitrogens with zero attached hydrogens (tertiary/aromatic N) is 1. The van der Waals surface area contributed by atoms with Crippen LogP contribution < -0.4 is 4.74 Å². The third-order valence-electron chi connectivity index (χ3n) is 3.28. The van der Waals surface area contributed by atoms with E-state index in [-0.39, 0.29) is 30.2 Å². The summed E-state index contributed by atoms with van der Waals surface area (Å²) in [4.78, 5) is 13.4. The first-order chi connectivity index (χ1) is 11.2. The summed E-state index contributed by atoms with van der Waals surface area (Å²) in [7, 11) is 1.46. The summed E-state index contributed by atoms with van der Waals surface area (Å²) in [5.41, 5.74) is 0.719. The van der Waals surface area contributed by atoms with Crippen molar-refractivity contribution in [2.75, 3.05) is 7.05 Å². The molecule has 0 saturated carbocycles. The fraction of sp³-hybridized carbons (Fsp3) is 0.235. The Morgan fingerprint density at radius 3 is 2.50 bits per heavy atom. The van der Waals surface area contributed by atoms with Gasteiger partial charge >= 0.3 is 6.36 Å². The summed E-state index contributed by atoms with van der Waals surface area (Å²) in [6.45, 7) is -0.0552. The third-order valence-corrected chi connectivity index (χ3v) is 3.28. The van der Waals surface area contributed by atoms with Gasteiger partial charge in [0.05, 0.1) is 6.42 Å². The lowest BCUT2D eigenvalue weighted by Gasteiger charge is -2.20. The Morgan fingerprint density at radius 2 is 1.83 bits per heavy atom. The molecule has 0 bridgehead atoms. The minimum Gasteiger partial charge on any atom is -0.405 e. The van der Waals surface area contributed by atoms with Gasteiger partial charge in [0, 0.05) is 19.2 Å². The van der Waals surface area contributed by atoms with Crippen molar-refractivity contribution < 1.29 is 27.1 Å². The maximum atomic E-state index is 13.1. The van der Waals surface area contributed by atoms with Crippen molar-refractivity contribution >= 4 is 5.91 Å². The van der Waals surface area contributed by atoms with Gasteiger partial charge in [0.25, 0.3) is 0 Å². The van der Waals surface area contributed by atoms with Crippen molar-refractivity contribution in [3.8, 4) is 5.75 Å². The van der Waals surface area contributed by atoms with Gasteiger partial charge < -0.3 is 9.64 Å². The number of carbonyl (C=O) groups excluding carboxylic acids is 1. The second-order valence-electron chi connectivity index (χ2n) is 5.21. The molecule has 2 rings (SSSR count). The monoisotopic (exact) mass is 341 g/mol. The third kappa shape index (κ3) is 5.26. The Bertz CT molecular complexity index is 716. The van der Waals surface area contributed by atoms with Crippen molar-refractivity contribution in [3.63, 3.8) is 0 Å². The number of para-hydroxylation sites is 1. The van der Waals surface area contributed by atoms with Crippen molar-refractivity contribution in [1.82, 2.24) is 4.90 Å². The molecule has 3 nitrogen and oxygen atoms in total. The fourth-order valence-electron chi connectivity index (χ4n) is 2.16. The van der Waals surface area contributed by atoms with E-state index in [1.165, 1.54) is 48.3 Å². The summed E-state index contributed by atoms with van der Waals surface area (Å²) in [5, 5.41) is 0. The Hall–Kier alpha value is -2.57. The second kappa shape index (κ2) is 7.33. The molecule has 0 spiro atoms. The van der Waals surface area contributed by atoms with E-state index >= 15 is 0 Å². The van der Waals surface area contributed by atoms with Crippen molar-refractivity contribution in [2.24, 2.45) is 0 Å². The van der Waals surface area contributed by atoms with Crippen LogP contribution in [-0.4, -0.2) is 24.2 Å². The molecule has 0 heterocycles. The molecule has 0 aliphatic heterocycles. The number of benzene rings is 2. The molecular formula is C17H15F4NO2. The molecule has 0 radical (unpaired) electrons. The molecule has 0 aromatic heterocycles. The normalized spacial score (nSPS) is 11.2. The fourth-order valence-corrected chi connectivity index (χ4v) is 2.16. The maximum absolute atomic E-state index is 13.1. The molecule has 0 N–H and O–H groups in total. The first-order valence-corrected chi connectivity index (χ1v) is 7.06. The van der Waals surface area contributed by atoms with Gasteiger partial charge in [-0.1, -0.05) is 30.3 Å². The van der Waals surface area contributed by atoms with Crippen LogP contribution in [0.3, 0.4) is 0 Å². The highest BCUT2D eigenvalue weighted by atomic mass is 19.4. The lowest BCUT2D eigenvalue weighted by atomic mass is 10.1. The van der Waals surface area contributed by atoms with Crippen LogP contribution in [-0.2, 0) is 17.8 Å². The number of amides is 1. The Morgan fingerprint density at radius 1 is 1.12 bits per heavy atom. The lowest BCUT2D eigenvalue weighted by molar-refractivity contribution is -0.275. The zero-order valence-electron chi connectivity index (χ0n) is 12.8. The topological polar surface area (TPSA) is 29.5 Å². The van der Waals surface area contributed by atoms with E-state index < -0.39 is 12.2 Å². The first kappa shape index (κ1) is 17.8. The lowest BCUT2D eigenvalue weighted by Crippen LogP contribution is -2.28. The Labute approximate surface area is 136 Å². The van der Waals surface area contributed by atoms with Gasteiger partial charge in [0.2, 0.25) is 5.91 Å². The van der Waals surface area contributed by atoms with Gasteiger partial charge in [-0.3, -0.25) is 4.79 Å². The number of alkyl halides is 3. The largest absolute Gasteiger partial charge is 0.573 e. The molecule has 0 unspecified atom stereocenters. The highest BCUT2D eigenvalue weighted by molar-refractivity contribution is 5.78. The summed E-state index contributed by atoms with van der Waals surface area (Å²) in [6.07, 6.45) is -4.85. The Balaban J connectivity index is 2.06. The van der Waals surface area contributed by atoms with Gasteiger partial charge in [0.1, 0.15) is 11.6 Å². The average molecular weight is 341 g/mol. The van der Waals surface area contributed by atoms with Crippen LogP contribution >= 0.6 is 0 Å². The SMILES string of the molecule is CN(Cc1ccccc1OC(F)(F)F)C(=O)Cc1cccc(F)c1. The molecule has 0 aliphatic rings. The van der Waals surface area contributed by atoms with E-state index in [0.717, 1.165) is 0 Å². The maximum Gasteiger partial charge on any atom is 0.573 e. The number of hydrogen-bond donors (Lipinski definition) is 0. The minimum absolute atomic E-state index is 0.0451. The quantitative estimate of drug-likeness (QED) is 0.772. The van der Waals surface area contributed by atoms with E-state index in [1.807, 2.05) is 0 Å². The first-order valence-electron chi connectivity index (χ1n) is 7.06. The summed E-state index contributed by atoms with van der Waals surface area (Å²) in [6, 6.07) is 11.2. The number of likely N-dealkylation sites (N-methyl/N-ethyl adjacent to an activating group) is 1. The van der Waals surface area contributed by atoms with E-state index in [1.54, 1.807) is 12.1 Å². The molecule has 0 fully saturated rings.